The average molecular weight is 228 g/mol. The zero-order valence-electron chi connectivity index (χ0n) is 10.4. The van der Waals surface area contributed by atoms with Gasteiger partial charge in [-0.05, 0) is 30.5 Å². The van der Waals surface area contributed by atoms with Crippen molar-refractivity contribution in [3.63, 3.8) is 0 Å². The lowest BCUT2D eigenvalue weighted by atomic mass is 10.0. The standard InChI is InChI=1S/C14H16N2O/c1-10-5-4-6-13(11(10)2)7-14-8-16(9-15-14)12(3)17/h4-6,8-9H,7H2,1-3H3. The Morgan fingerprint density at radius 2 is 2.12 bits per heavy atom. The summed E-state index contributed by atoms with van der Waals surface area (Å²) >= 11 is 0. The quantitative estimate of drug-likeness (QED) is 0.792. The van der Waals surface area contributed by atoms with Gasteiger partial charge in [0.1, 0.15) is 6.33 Å². The molecule has 1 aromatic heterocycles. The van der Waals surface area contributed by atoms with E-state index < -0.39 is 0 Å². The van der Waals surface area contributed by atoms with Crippen molar-refractivity contribution in [3.8, 4) is 0 Å². The maximum atomic E-state index is 11.2. The highest BCUT2D eigenvalue weighted by atomic mass is 16.1. The summed E-state index contributed by atoms with van der Waals surface area (Å²) in [5.74, 6) is -0.00952. The third-order valence-corrected chi connectivity index (χ3v) is 3.09. The molecule has 2 aromatic rings. The minimum absolute atomic E-state index is 0.00952. The number of carbonyl (C=O) groups is 1. The predicted molar refractivity (Wildman–Crippen MR) is 67.2 cm³/mol. The predicted octanol–water partition coefficient (Wildman–Crippen LogP) is 2.75. The number of rotatable bonds is 2. The van der Waals surface area contributed by atoms with Crippen LogP contribution in [0.2, 0.25) is 0 Å². The molecule has 2 rings (SSSR count). The first kappa shape index (κ1) is 11.6. The van der Waals surface area contributed by atoms with Gasteiger partial charge in [-0.25, -0.2) is 4.98 Å². The summed E-state index contributed by atoms with van der Waals surface area (Å²) < 4.78 is 1.51. The highest BCUT2D eigenvalue weighted by Crippen LogP contribution is 2.16. The molecule has 3 heteroatoms. The van der Waals surface area contributed by atoms with Crippen LogP contribution in [-0.4, -0.2) is 15.5 Å². The van der Waals surface area contributed by atoms with E-state index in [1.165, 1.54) is 28.2 Å². The van der Waals surface area contributed by atoms with E-state index in [0.717, 1.165) is 12.1 Å². The maximum absolute atomic E-state index is 11.2. The molecule has 88 valence electrons. The first-order valence-electron chi connectivity index (χ1n) is 5.67. The van der Waals surface area contributed by atoms with Crippen LogP contribution in [0.4, 0.5) is 0 Å². The fraction of sp³-hybridized carbons (Fsp3) is 0.286. The molecule has 17 heavy (non-hydrogen) atoms. The number of benzene rings is 1. The van der Waals surface area contributed by atoms with Crippen LogP contribution in [0.5, 0.6) is 0 Å². The van der Waals surface area contributed by atoms with E-state index in [4.69, 9.17) is 0 Å². The van der Waals surface area contributed by atoms with E-state index in [2.05, 4.69) is 37.0 Å². The molecule has 0 spiro atoms. The third kappa shape index (κ3) is 2.44. The smallest absolute Gasteiger partial charge is 0.228 e. The lowest BCUT2D eigenvalue weighted by Gasteiger charge is -2.06. The van der Waals surface area contributed by atoms with Crippen molar-refractivity contribution >= 4 is 5.91 Å². The number of imidazole rings is 1. The van der Waals surface area contributed by atoms with Crippen LogP contribution in [-0.2, 0) is 6.42 Å². The molecule has 0 saturated carbocycles. The van der Waals surface area contributed by atoms with E-state index in [9.17, 15) is 4.79 Å². The second kappa shape index (κ2) is 4.53. The SMILES string of the molecule is CC(=O)n1cnc(Cc2cccc(C)c2C)c1. The van der Waals surface area contributed by atoms with Crippen LogP contribution in [0, 0.1) is 13.8 Å². The Bertz CT molecular complexity index is 555. The van der Waals surface area contributed by atoms with Crippen molar-refractivity contribution < 1.29 is 4.79 Å². The zero-order valence-corrected chi connectivity index (χ0v) is 10.4. The molecule has 0 aliphatic carbocycles. The minimum Gasteiger partial charge on any atom is -0.276 e. The zero-order chi connectivity index (χ0) is 12.4. The van der Waals surface area contributed by atoms with Crippen molar-refractivity contribution in [2.24, 2.45) is 0 Å². The van der Waals surface area contributed by atoms with Crippen LogP contribution in [0.3, 0.4) is 0 Å². The van der Waals surface area contributed by atoms with Gasteiger partial charge in [-0.3, -0.25) is 9.36 Å². The van der Waals surface area contributed by atoms with Crippen molar-refractivity contribution in [2.75, 3.05) is 0 Å². The highest BCUT2D eigenvalue weighted by molar-refractivity contribution is 5.75. The molecule has 0 bridgehead atoms. The molecule has 0 aliphatic heterocycles. The van der Waals surface area contributed by atoms with Gasteiger partial charge in [0.15, 0.2) is 0 Å². The van der Waals surface area contributed by atoms with Crippen LogP contribution >= 0.6 is 0 Å². The van der Waals surface area contributed by atoms with Gasteiger partial charge < -0.3 is 0 Å². The summed E-state index contributed by atoms with van der Waals surface area (Å²) in [6.45, 7) is 5.75. The lowest BCUT2D eigenvalue weighted by molar-refractivity contribution is 0.0936. The Morgan fingerprint density at radius 1 is 1.35 bits per heavy atom. The van der Waals surface area contributed by atoms with Crippen LogP contribution < -0.4 is 0 Å². The van der Waals surface area contributed by atoms with Gasteiger partial charge in [-0.2, -0.15) is 0 Å². The Hall–Kier alpha value is -1.90. The molecular weight excluding hydrogens is 212 g/mol. The van der Waals surface area contributed by atoms with E-state index >= 15 is 0 Å². The van der Waals surface area contributed by atoms with Gasteiger partial charge >= 0.3 is 0 Å². The number of aromatic nitrogens is 2. The van der Waals surface area contributed by atoms with Gasteiger partial charge in [-0.1, -0.05) is 18.2 Å². The van der Waals surface area contributed by atoms with Gasteiger partial charge in [0.2, 0.25) is 5.91 Å². The summed E-state index contributed by atoms with van der Waals surface area (Å²) in [7, 11) is 0. The Balaban J connectivity index is 2.25. The first-order chi connectivity index (χ1) is 8.08. The molecule has 0 N–H and O–H groups in total. The number of hydrogen-bond acceptors (Lipinski definition) is 2. The highest BCUT2D eigenvalue weighted by Gasteiger charge is 2.06. The van der Waals surface area contributed by atoms with Crippen LogP contribution in [0.1, 0.15) is 34.1 Å². The Morgan fingerprint density at radius 3 is 2.76 bits per heavy atom. The molecule has 3 nitrogen and oxygen atoms in total. The van der Waals surface area contributed by atoms with Crippen LogP contribution in [0.15, 0.2) is 30.7 Å². The number of nitrogens with zero attached hydrogens (tertiary/aromatic N) is 2. The van der Waals surface area contributed by atoms with E-state index in [1.54, 1.807) is 12.5 Å². The number of aryl methyl sites for hydroxylation is 1. The molecule has 0 radical (unpaired) electrons. The Kier molecular flexibility index (Phi) is 3.09. The number of carbonyl (C=O) groups excluding carboxylic acids is 1. The molecule has 0 fully saturated rings. The van der Waals surface area contributed by atoms with Gasteiger partial charge in [0, 0.05) is 19.5 Å². The largest absolute Gasteiger partial charge is 0.276 e. The van der Waals surface area contributed by atoms with Gasteiger partial charge in [0.25, 0.3) is 0 Å². The summed E-state index contributed by atoms with van der Waals surface area (Å²) in [5.41, 5.74) is 4.77. The third-order valence-electron chi connectivity index (χ3n) is 3.09. The molecule has 0 unspecified atom stereocenters. The van der Waals surface area contributed by atoms with Crippen molar-refractivity contribution in [3.05, 3.63) is 53.1 Å². The van der Waals surface area contributed by atoms with E-state index in [1.807, 2.05) is 0 Å². The van der Waals surface area contributed by atoms with Gasteiger partial charge in [0.05, 0.1) is 5.69 Å². The summed E-state index contributed by atoms with van der Waals surface area (Å²) in [6.07, 6.45) is 4.14. The lowest BCUT2D eigenvalue weighted by Crippen LogP contribution is -2.01. The molecule has 0 saturated heterocycles. The van der Waals surface area contributed by atoms with Crippen molar-refractivity contribution in [2.45, 2.75) is 27.2 Å². The van der Waals surface area contributed by atoms with Crippen molar-refractivity contribution in [1.29, 1.82) is 0 Å². The normalized spacial score (nSPS) is 10.5. The first-order valence-corrected chi connectivity index (χ1v) is 5.67. The number of hydrogen-bond donors (Lipinski definition) is 0. The molecule has 0 amide bonds. The summed E-state index contributed by atoms with van der Waals surface area (Å²) in [4.78, 5) is 15.4. The second-order valence-corrected chi connectivity index (χ2v) is 4.33. The molecule has 1 aromatic carbocycles. The maximum Gasteiger partial charge on any atom is 0.228 e. The molecule has 0 aliphatic rings. The fourth-order valence-electron chi connectivity index (χ4n) is 1.83. The fourth-order valence-corrected chi connectivity index (χ4v) is 1.83. The Labute approximate surface area is 101 Å². The minimum atomic E-state index is -0.00952. The molecule has 1 heterocycles. The monoisotopic (exact) mass is 228 g/mol. The van der Waals surface area contributed by atoms with Crippen molar-refractivity contribution in [1.82, 2.24) is 9.55 Å². The van der Waals surface area contributed by atoms with E-state index in [-0.39, 0.29) is 5.91 Å². The molecule has 0 atom stereocenters. The van der Waals surface area contributed by atoms with Crippen LogP contribution in [0.25, 0.3) is 0 Å². The second-order valence-electron chi connectivity index (χ2n) is 4.33. The average Bonchev–Trinajstić information content (AvgIpc) is 2.73. The summed E-state index contributed by atoms with van der Waals surface area (Å²) in [5, 5.41) is 0. The molecular formula is C14H16N2O. The summed E-state index contributed by atoms with van der Waals surface area (Å²) in [6, 6.07) is 6.27. The van der Waals surface area contributed by atoms with E-state index in [0.29, 0.717) is 0 Å². The van der Waals surface area contributed by atoms with Gasteiger partial charge in [-0.15, -0.1) is 0 Å². The topological polar surface area (TPSA) is 34.9 Å².